The zero-order valence-corrected chi connectivity index (χ0v) is 10.5. The second-order valence-electron chi connectivity index (χ2n) is 3.17. The molecule has 1 aromatic heterocycles. The van der Waals surface area contributed by atoms with Gasteiger partial charge in [-0.25, -0.2) is 13.2 Å². The fourth-order valence-electron chi connectivity index (χ4n) is 1.33. The van der Waals surface area contributed by atoms with Crippen molar-refractivity contribution in [3.8, 4) is 0 Å². The van der Waals surface area contributed by atoms with Crippen LogP contribution in [-0.4, -0.2) is 5.78 Å². The Kier molecular flexibility index (Phi) is 3.35. The topological polar surface area (TPSA) is 17.1 Å². The van der Waals surface area contributed by atoms with Crippen molar-refractivity contribution in [3.63, 3.8) is 0 Å². The van der Waals surface area contributed by atoms with Crippen LogP contribution >= 0.6 is 27.3 Å². The summed E-state index contributed by atoms with van der Waals surface area (Å²) in [6.45, 7) is 0. The highest BCUT2D eigenvalue weighted by Gasteiger charge is 2.22. The Balaban J connectivity index is 2.56. The third-order valence-corrected chi connectivity index (χ3v) is 3.89. The van der Waals surface area contributed by atoms with Crippen LogP contribution in [0, 0.1) is 17.5 Å². The van der Waals surface area contributed by atoms with Gasteiger partial charge in [0.1, 0.15) is 17.5 Å². The van der Waals surface area contributed by atoms with Crippen LogP contribution in [0.25, 0.3) is 0 Å². The Morgan fingerprint density at radius 3 is 2.24 bits per heavy atom. The number of carbonyl (C=O) groups is 1. The molecule has 0 N–H and O–H groups in total. The van der Waals surface area contributed by atoms with E-state index in [2.05, 4.69) is 15.9 Å². The van der Waals surface area contributed by atoms with Crippen LogP contribution in [0.4, 0.5) is 13.2 Å². The first-order chi connectivity index (χ1) is 8.00. The summed E-state index contributed by atoms with van der Waals surface area (Å²) in [6.07, 6.45) is 0. The van der Waals surface area contributed by atoms with Crippen LogP contribution in [0.2, 0.25) is 0 Å². The van der Waals surface area contributed by atoms with Crippen molar-refractivity contribution in [2.45, 2.75) is 0 Å². The number of halogens is 4. The van der Waals surface area contributed by atoms with Gasteiger partial charge in [-0.05, 0) is 27.4 Å². The molecular formula is C11H4BrF3OS. The predicted octanol–water partition coefficient (Wildman–Crippen LogP) is 4.16. The third-order valence-electron chi connectivity index (χ3n) is 2.06. The number of rotatable bonds is 2. The van der Waals surface area contributed by atoms with E-state index in [1.54, 1.807) is 11.4 Å². The van der Waals surface area contributed by atoms with E-state index < -0.39 is 28.8 Å². The maximum absolute atomic E-state index is 13.4. The van der Waals surface area contributed by atoms with E-state index in [1.807, 2.05) is 0 Å². The maximum atomic E-state index is 13.4. The molecule has 2 rings (SSSR count). The number of hydrogen-bond donors (Lipinski definition) is 0. The summed E-state index contributed by atoms with van der Waals surface area (Å²) >= 11 is 4.15. The fourth-order valence-corrected chi connectivity index (χ4v) is 2.83. The standard InChI is InChI=1S/C11H4BrF3OS/c12-6-1-2-17-11(6)10(16)9-7(14)3-5(13)4-8(9)15/h1-4H. The van der Waals surface area contributed by atoms with E-state index in [0.29, 0.717) is 16.6 Å². The Morgan fingerprint density at radius 1 is 1.18 bits per heavy atom. The quantitative estimate of drug-likeness (QED) is 0.759. The summed E-state index contributed by atoms with van der Waals surface area (Å²) < 4.78 is 39.9. The summed E-state index contributed by atoms with van der Waals surface area (Å²) in [6, 6.07) is 2.56. The van der Waals surface area contributed by atoms with Gasteiger partial charge in [-0.15, -0.1) is 11.3 Å². The van der Waals surface area contributed by atoms with Gasteiger partial charge in [0.2, 0.25) is 5.78 Å². The molecule has 0 unspecified atom stereocenters. The third kappa shape index (κ3) is 2.28. The minimum atomic E-state index is -1.20. The molecule has 0 spiro atoms. The molecule has 88 valence electrons. The second-order valence-corrected chi connectivity index (χ2v) is 4.94. The summed E-state index contributed by atoms with van der Waals surface area (Å²) in [5.41, 5.74) is -0.741. The van der Waals surface area contributed by atoms with E-state index in [9.17, 15) is 18.0 Å². The molecule has 1 aromatic carbocycles. The van der Waals surface area contributed by atoms with Crippen molar-refractivity contribution in [1.82, 2.24) is 0 Å². The average molecular weight is 321 g/mol. The maximum Gasteiger partial charge on any atom is 0.210 e. The highest BCUT2D eigenvalue weighted by atomic mass is 79.9. The lowest BCUT2D eigenvalue weighted by atomic mass is 10.1. The molecule has 0 radical (unpaired) electrons. The summed E-state index contributed by atoms with van der Waals surface area (Å²) in [5.74, 6) is -4.26. The SMILES string of the molecule is O=C(c1sccc1Br)c1c(F)cc(F)cc1F. The molecule has 0 amide bonds. The molecule has 0 aliphatic heterocycles. The van der Waals surface area contributed by atoms with Crippen LogP contribution in [0.5, 0.6) is 0 Å². The number of ketones is 1. The zero-order chi connectivity index (χ0) is 12.6. The number of carbonyl (C=O) groups excluding carboxylic acids is 1. The van der Waals surface area contributed by atoms with Gasteiger partial charge in [0.05, 0.1) is 10.4 Å². The first-order valence-electron chi connectivity index (χ1n) is 4.43. The van der Waals surface area contributed by atoms with Crippen molar-refractivity contribution in [1.29, 1.82) is 0 Å². The molecule has 0 saturated carbocycles. The zero-order valence-electron chi connectivity index (χ0n) is 8.14. The van der Waals surface area contributed by atoms with Crippen molar-refractivity contribution < 1.29 is 18.0 Å². The monoisotopic (exact) mass is 320 g/mol. The smallest absolute Gasteiger partial charge is 0.210 e. The van der Waals surface area contributed by atoms with Gasteiger partial charge in [-0.1, -0.05) is 0 Å². The van der Waals surface area contributed by atoms with Gasteiger partial charge in [-0.2, -0.15) is 0 Å². The average Bonchev–Trinajstić information content (AvgIpc) is 2.62. The number of benzene rings is 1. The molecule has 1 nitrogen and oxygen atoms in total. The first kappa shape index (κ1) is 12.3. The first-order valence-corrected chi connectivity index (χ1v) is 6.10. The highest BCUT2D eigenvalue weighted by Crippen LogP contribution is 2.27. The lowest BCUT2D eigenvalue weighted by Crippen LogP contribution is -2.07. The molecular weight excluding hydrogens is 317 g/mol. The summed E-state index contributed by atoms with van der Waals surface area (Å²) in [4.78, 5) is 12.0. The molecule has 0 aliphatic carbocycles. The van der Waals surface area contributed by atoms with Crippen molar-refractivity contribution >= 4 is 33.0 Å². The highest BCUT2D eigenvalue weighted by molar-refractivity contribution is 9.10. The molecule has 0 atom stereocenters. The van der Waals surface area contributed by atoms with E-state index in [4.69, 9.17) is 0 Å². The largest absolute Gasteiger partial charge is 0.287 e. The van der Waals surface area contributed by atoms with Gasteiger partial charge in [0, 0.05) is 16.6 Å². The van der Waals surface area contributed by atoms with E-state index in [1.165, 1.54) is 0 Å². The second kappa shape index (κ2) is 4.62. The van der Waals surface area contributed by atoms with Gasteiger partial charge >= 0.3 is 0 Å². The van der Waals surface area contributed by atoms with Gasteiger partial charge in [0.15, 0.2) is 0 Å². The summed E-state index contributed by atoms with van der Waals surface area (Å²) in [5, 5.41) is 1.61. The predicted molar refractivity (Wildman–Crippen MR) is 61.8 cm³/mol. The van der Waals surface area contributed by atoms with Crippen LogP contribution in [0.1, 0.15) is 15.2 Å². The van der Waals surface area contributed by atoms with Crippen molar-refractivity contribution in [2.24, 2.45) is 0 Å². The van der Waals surface area contributed by atoms with Crippen LogP contribution in [0.15, 0.2) is 28.1 Å². The number of hydrogen-bond acceptors (Lipinski definition) is 2. The van der Waals surface area contributed by atoms with Crippen LogP contribution < -0.4 is 0 Å². The molecule has 17 heavy (non-hydrogen) atoms. The lowest BCUT2D eigenvalue weighted by Gasteiger charge is -2.03. The molecule has 0 aliphatic rings. The number of thiophene rings is 1. The fraction of sp³-hybridized carbons (Fsp3) is 0. The molecule has 0 saturated heterocycles. The minimum absolute atomic E-state index is 0.175. The Bertz CT molecular complexity index is 571. The van der Waals surface area contributed by atoms with E-state index in [0.717, 1.165) is 11.3 Å². The van der Waals surface area contributed by atoms with Crippen LogP contribution in [-0.2, 0) is 0 Å². The van der Waals surface area contributed by atoms with E-state index in [-0.39, 0.29) is 4.88 Å². The van der Waals surface area contributed by atoms with Gasteiger partial charge in [0.25, 0.3) is 0 Å². The van der Waals surface area contributed by atoms with Crippen molar-refractivity contribution in [3.05, 3.63) is 55.9 Å². The summed E-state index contributed by atoms with van der Waals surface area (Å²) in [7, 11) is 0. The Labute approximate surface area is 107 Å². The Morgan fingerprint density at radius 2 is 1.76 bits per heavy atom. The molecule has 0 bridgehead atoms. The molecule has 2 aromatic rings. The molecule has 0 fully saturated rings. The molecule has 6 heteroatoms. The van der Waals surface area contributed by atoms with Gasteiger partial charge in [-0.3, -0.25) is 4.79 Å². The lowest BCUT2D eigenvalue weighted by molar-refractivity contribution is 0.103. The Hall–Kier alpha value is -1.14. The van der Waals surface area contributed by atoms with Gasteiger partial charge < -0.3 is 0 Å². The van der Waals surface area contributed by atoms with E-state index >= 15 is 0 Å². The van der Waals surface area contributed by atoms with Crippen molar-refractivity contribution in [2.75, 3.05) is 0 Å². The minimum Gasteiger partial charge on any atom is -0.287 e. The molecule has 1 heterocycles. The van der Waals surface area contributed by atoms with Crippen LogP contribution in [0.3, 0.4) is 0 Å². The normalized spacial score (nSPS) is 10.6.